The number of hydrogen-bond acceptors (Lipinski definition) is 2. The quantitative estimate of drug-likeness (QED) is 0.458. The van der Waals surface area contributed by atoms with E-state index in [0.717, 1.165) is 17.7 Å². The van der Waals surface area contributed by atoms with Gasteiger partial charge in [0.05, 0.1) is 5.69 Å². The SMILES string of the molecule is Cc1cc(Cc2cc(C)c(N=C=O)cc2C(C)C)c(C(C)C)cc1C. The molecule has 2 aromatic rings. The Bertz CT molecular complexity index is 824. The zero-order valence-electron chi connectivity index (χ0n) is 16.5. The van der Waals surface area contributed by atoms with Gasteiger partial charge < -0.3 is 0 Å². The highest BCUT2D eigenvalue weighted by atomic mass is 16.1. The van der Waals surface area contributed by atoms with E-state index in [1.165, 1.54) is 33.4 Å². The molecule has 0 aliphatic heterocycles. The number of rotatable bonds is 5. The van der Waals surface area contributed by atoms with E-state index in [1.807, 2.05) is 6.92 Å². The lowest BCUT2D eigenvalue weighted by Gasteiger charge is -2.19. The van der Waals surface area contributed by atoms with Crippen LogP contribution in [0.4, 0.5) is 5.69 Å². The summed E-state index contributed by atoms with van der Waals surface area (Å²) >= 11 is 0. The van der Waals surface area contributed by atoms with Crippen LogP contribution in [0.5, 0.6) is 0 Å². The number of aryl methyl sites for hydroxylation is 3. The molecule has 0 fully saturated rings. The van der Waals surface area contributed by atoms with Crippen LogP contribution in [0.1, 0.15) is 78.5 Å². The zero-order chi connectivity index (χ0) is 18.7. The zero-order valence-corrected chi connectivity index (χ0v) is 16.5. The summed E-state index contributed by atoms with van der Waals surface area (Å²) in [6.07, 6.45) is 2.58. The van der Waals surface area contributed by atoms with Gasteiger partial charge in [-0.05, 0) is 84.0 Å². The predicted octanol–water partition coefficient (Wildman–Crippen LogP) is 6.42. The molecule has 2 rings (SSSR count). The maximum absolute atomic E-state index is 10.7. The fraction of sp³-hybridized carbons (Fsp3) is 0.435. The van der Waals surface area contributed by atoms with E-state index in [-0.39, 0.29) is 0 Å². The van der Waals surface area contributed by atoms with Gasteiger partial charge in [0.15, 0.2) is 0 Å². The molecule has 0 N–H and O–H groups in total. The summed E-state index contributed by atoms with van der Waals surface area (Å²) in [5.74, 6) is 0.877. The molecule has 0 bridgehead atoms. The Kier molecular flexibility index (Phi) is 5.98. The molecule has 2 aromatic carbocycles. The topological polar surface area (TPSA) is 29.4 Å². The van der Waals surface area contributed by atoms with Crippen molar-refractivity contribution in [2.45, 2.75) is 66.7 Å². The van der Waals surface area contributed by atoms with Crippen molar-refractivity contribution in [2.24, 2.45) is 4.99 Å². The lowest BCUT2D eigenvalue weighted by atomic mass is 9.86. The van der Waals surface area contributed by atoms with Gasteiger partial charge in [0, 0.05) is 0 Å². The van der Waals surface area contributed by atoms with Crippen LogP contribution in [0, 0.1) is 20.8 Å². The third kappa shape index (κ3) is 4.27. The normalized spacial score (nSPS) is 11.1. The summed E-state index contributed by atoms with van der Waals surface area (Å²) in [5.41, 5.74) is 9.84. The van der Waals surface area contributed by atoms with Gasteiger partial charge in [-0.1, -0.05) is 45.9 Å². The smallest absolute Gasteiger partial charge is 0.211 e. The second-order valence-corrected chi connectivity index (χ2v) is 7.66. The summed E-state index contributed by atoms with van der Waals surface area (Å²) in [7, 11) is 0. The third-order valence-electron chi connectivity index (χ3n) is 5.00. The van der Waals surface area contributed by atoms with Gasteiger partial charge in [0.1, 0.15) is 0 Å². The summed E-state index contributed by atoms with van der Waals surface area (Å²) in [6, 6.07) is 8.91. The Labute approximate surface area is 152 Å². The van der Waals surface area contributed by atoms with E-state index in [1.54, 1.807) is 6.08 Å². The number of benzene rings is 2. The van der Waals surface area contributed by atoms with E-state index < -0.39 is 0 Å². The largest absolute Gasteiger partial charge is 0.240 e. The summed E-state index contributed by atoms with van der Waals surface area (Å²) in [5, 5.41) is 0. The molecule has 0 atom stereocenters. The molecule has 0 radical (unpaired) electrons. The molecular formula is C23H29NO. The summed E-state index contributed by atoms with van der Waals surface area (Å²) in [6.45, 7) is 15.3. The highest BCUT2D eigenvalue weighted by Gasteiger charge is 2.15. The van der Waals surface area contributed by atoms with Crippen LogP contribution >= 0.6 is 0 Å². The Balaban J connectivity index is 2.59. The average molecular weight is 335 g/mol. The van der Waals surface area contributed by atoms with Crippen LogP contribution in [0.2, 0.25) is 0 Å². The summed E-state index contributed by atoms with van der Waals surface area (Å²) < 4.78 is 0. The van der Waals surface area contributed by atoms with E-state index in [9.17, 15) is 4.79 Å². The number of isocyanates is 1. The van der Waals surface area contributed by atoms with Gasteiger partial charge >= 0.3 is 0 Å². The predicted molar refractivity (Wildman–Crippen MR) is 106 cm³/mol. The molecule has 0 amide bonds. The number of aliphatic imine (C=N–C) groups is 1. The molecule has 132 valence electrons. The minimum Gasteiger partial charge on any atom is -0.211 e. The van der Waals surface area contributed by atoms with E-state index >= 15 is 0 Å². The first-order chi connectivity index (χ1) is 11.7. The van der Waals surface area contributed by atoms with Crippen molar-refractivity contribution in [1.29, 1.82) is 0 Å². The van der Waals surface area contributed by atoms with Crippen molar-refractivity contribution >= 4 is 11.8 Å². The first-order valence-corrected chi connectivity index (χ1v) is 9.05. The molecule has 25 heavy (non-hydrogen) atoms. The minimum absolute atomic E-state index is 0.380. The molecular weight excluding hydrogens is 306 g/mol. The molecule has 0 spiro atoms. The fourth-order valence-electron chi connectivity index (χ4n) is 3.43. The maximum atomic E-state index is 10.7. The summed E-state index contributed by atoms with van der Waals surface area (Å²) in [4.78, 5) is 14.5. The molecule has 0 saturated carbocycles. The van der Waals surface area contributed by atoms with Crippen LogP contribution in [-0.2, 0) is 11.2 Å². The van der Waals surface area contributed by atoms with Gasteiger partial charge in [-0.3, -0.25) is 0 Å². The first-order valence-electron chi connectivity index (χ1n) is 9.05. The Hall–Kier alpha value is -2.18. The van der Waals surface area contributed by atoms with Gasteiger partial charge in [-0.25, -0.2) is 4.79 Å². The van der Waals surface area contributed by atoms with Gasteiger partial charge in [-0.15, -0.1) is 0 Å². The molecule has 0 heterocycles. The van der Waals surface area contributed by atoms with E-state index in [2.05, 4.69) is 70.8 Å². The first kappa shape index (κ1) is 19.1. The van der Waals surface area contributed by atoms with Crippen molar-refractivity contribution in [2.75, 3.05) is 0 Å². The van der Waals surface area contributed by atoms with Crippen molar-refractivity contribution < 1.29 is 4.79 Å². The lowest BCUT2D eigenvalue weighted by Crippen LogP contribution is -2.04. The maximum Gasteiger partial charge on any atom is 0.240 e. The second-order valence-electron chi connectivity index (χ2n) is 7.66. The number of hydrogen-bond donors (Lipinski definition) is 0. The highest BCUT2D eigenvalue weighted by molar-refractivity contribution is 5.58. The second kappa shape index (κ2) is 7.80. The lowest BCUT2D eigenvalue weighted by molar-refractivity contribution is 0.565. The van der Waals surface area contributed by atoms with Crippen molar-refractivity contribution in [3.63, 3.8) is 0 Å². The monoisotopic (exact) mass is 335 g/mol. The van der Waals surface area contributed by atoms with Gasteiger partial charge in [-0.2, -0.15) is 4.99 Å². The third-order valence-corrected chi connectivity index (χ3v) is 5.00. The Morgan fingerprint density at radius 1 is 0.800 bits per heavy atom. The van der Waals surface area contributed by atoms with Gasteiger partial charge in [0.2, 0.25) is 6.08 Å². The average Bonchev–Trinajstić information content (AvgIpc) is 2.52. The molecule has 0 aliphatic rings. The standard InChI is InChI=1S/C23H29NO/c1-14(2)21-10-17(6)16(5)8-19(21)11-20-9-18(7)23(24-13-25)12-22(20)15(3)4/h8-10,12,14-15H,11H2,1-7H3. The molecule has 0 unspecified atom stereocenters. The van der Waals surface area contributed by atoms with Crippen LogP contribution in [0.15, 0.2) is 29.3 Å². The van der Waals surface area contributed by atoms with Crippen molar-refractivity contribution in [3.05, 3.63) is 63.2 Å². The Morgan fingerprint density at radius 2 is 1.28 bits per heavy atom. The molecule has 0 aromatic heterocycles. The minimum atomic E-state index is 0.380. The van der Waals surface area contributed by atoms with E-state index in [4.69, 9.17) is 0 Å². The molecule has 2 nitrogen and oxygen atoms in total. The van der Waals surface area contributed by atoms with Crippen LogP contribution in [0.25, 0.3) is 0 Å². The van der Waals surface area contributed by atoms with Gasteiger partial charge in [0.25, 0.3) is 0 Å². The molecule has 0 aliphatic carbocycles. The fourth-order valence-corrected chi connectivity index (χ4v) is 3.43. The van der Waals surface area contributed by atoms with Crippen LogP contribution in [-0.4, -0.2) is 6.08 Å². The van der Waals surface area contributed by atoms with Crippen LogP contribution < -0.4 is 0 Å². The van der Waals surface area contributed by atoms with Crippen molar-refractivity contribution in [3.8, 4) is 0 Å². The van der Waals surface area contributed by atoms with E-state index in [0.29, 0.717) is 11.8 Å². The molecule has 2 heteroatoms. The highest BCUT2D eigenvalue weighted by Crippen LogP contribution is 2.32. The number of nitrogens with zero attached hydrogens (tertiary/aromatic N) is 1. The van der Waals surface area contributed by atoms with Crippen molar-refractivity contribution in [1.82, 2.24) is 0 Å². The Morgan fingerprint density at radius 3 is 1.80 bits per heavy atom. The number of carbonyl (C=O) groups excluding carboxylic acids is 1. The molecule has 0 saturated heterocycles. The van der Waals surface area contributed by atoms with Crippen LogP contribution in [0.3, 0.4) is 0 Å².